The summed E-state index contributed by atoms with van der Waals surface area (Å²) >= 11 is 0. The van der Waals surface area contributed by atoms with Crippen molar-refractivity contribution in [1.29, 1.82) is 0 Å². The van der Waals surface area contributed by atoms with E-state index >= 15 is 0 Å². The molecule has 0 unspecified atom stereocenters. The summed E-state index contributed by atoms with van der Waals surface area (Å²) in [5.41, 5.74) is 0.584. The molecule has 1 N–H and O–H groups in total. The lowest BCUT2D eigenvalue weighted by molar-refractivity contribution is -0.143. The first kappa shape index (κ1) is 26.7. The molecular weight excluding hydrogens is 396 g/mol. The highest BCUT2D eigenvalue weighted by atomic mass is 16.5. The van der Waals surface area contributed by atoms with E-state index in [1.165, 1.54) is 0 Å². The molecule has 0 bridgehead atoms. The van der Waals surface area contributed by atoms with E-state index in [4.69, 9.17) is 14.2 Å². The number of ketones is 1. The quantitative estimate of drug-likeness (QED) is 0.230. The van der Waals surface area contributed by atoms with Crippen molar-refractivity contribution < 1.29 is 28.9 Å². The number of aliphatic carboxylic acids is 1. The van der Waals surface area contributed by atoms with Gasteiger partial charge in [0, 0.05) is 31.6 Å². The van der Waals surface area contributed by atoms with Crippen LogP contribution in [0.4, 0.5) is 0 Å². The van der Waals surface area contributed by atoms with Crippen LogP contribution in [-0.2, 0) is 9.53 Å². The van der Waals surface area contributed by atoms with Crippen LogP contribution in [0.25, 0.3) is 0 Å². The minimum absolute atomic E-state index is 0.0442. The largest absolute Gasteiger partial charge is 0.493 e. The van der Waals surface area contributed by atoms with Crippen molar-refractivity contribution in [2.45, 2.75) is 47.0 Å². The van der Waals surface area contributed by atoms with Gasteiger partial charge < -0.3 is 19.3 Å². The van der Waals surface area contributed by atoms with E-state index in [1.54, 1.807) is 32.4 Å². The summed E-state index contributed by atoms with van der Waals surface area (Å²) in [6.07, 6.45) is 5.60. The number of carbonyl (C=O) groups is 2. The second-order valence-electron chi connectivity index (χ2n) is 8.41. The first-order valence-corrected chi connectivity index (χ1v) is 10.9. The van der Waals surface area contributed by atoms with E-state index < -0.39 is 11.9 Å². The summed E-state index contributed by atoms with van der Waals surface area (Å²) in [6, 6.07) is 5.26. The smallest absolute Gasteiger partial charge is 0.307 e. The molecule has 0 radical (unpaired) electrons. The fraction of sp³-hybridized carbons (Fsp3) is 0.600. The lowest BCUT2D eigenvalue weighted by Gasteiger charge is -2.19. The van der Waals surface area contributed by atoms with Crippen LogP contribution in [0.5, 0.6) is 11.5 Å². The number of rotatable bonds is 15. The number of hydrogen-bond donors (Lipinski definition) is 1. The number of carbonyl (C=O) groups excluding carboxylic acids is 1. The average molecular weight is 435 g/mol. The van der Waals surface area contributed by atoms with Gasteiger partial charge in [-0.05, 0) is 42.9 Å². The van der Waals surface area contributed by atoms with Crippen LogP contribution in [0.1, 0.15) is 57.3 Å². The van der Waals surface area contributed by atoms with Crippen molar-refractivity contribution in [1.82, 2.24) is 0 Å². The molecule has 0 fully saturated rings. The van der Waals surface area contributed by atoms with Crippen molar-refractivity contribution in [2.75, 3.05) is 27.4 Å². The molecule has 6 heteroatoms. The van der Waals surface area contributed by atoms with E-state index in [0.29, 0.717) is 43.1 Å². The van der Waals surface area contributed by atoms with Crippen molar-refractivity contribution in [3.05, 3.63) is 35.9 Å². The third-order valence-corrected chi connectivity index (χ3v) is 5.41. The first-order valence-electron chi connectivity index (χ1n) is 10.9. The Morgan fingerprint density at radius 1 is 0.935 bits per heavy atom. The minimum atomic E-state index is -0.785. The van der Waals surface area contributed by atoms with E-state index in [9.17, 15) is 14.7 Å². The van der Waals surface area contributed by atoms with Crippen LogP contribution in [0.3, 0.4) is 0 Å². The highest BCUT2D eigenvalue weighted by molar-refractivity contribution is 5.98. The zero-order valence-electron chi connectivity index (χ0n) is 19.7. The Kier molecular flexibility index (Phi) is 11.9. The SMILES string of the molecule is COCCCOc1cc(C(=O)[C@@H](C/C=C/C[C@@H](C(=O)O)C(C)C)C(C)C)ccc1OC. The lowest BCUT2D eigenvalue weighted by Crippen LogP contribution is -2.20. The van der Waals surface area contributed by atoms with Crippen molar-refractivity contribution in [3.63, 3.8) is 0 Å². The molecule has 2 atom stereocenters. The predicted molar refractivity (Wildman–Crippen MR) is 122 cm³/mol. The van der Waals surface area contributed by atoms with E-state index in [1.807, 2.05) is 39.8 Å². The molecule has 6 nitrogen and oxygen atoms in total. The van der Waals surface area contributed by atoms with E-state index in [-0.39, 0.29) is 23.5 Å². The lowest BCUT2D eigenvalue weighted by atomic mass is 9.84. The van der Waals surface area contributed by atoms with Gasteiger partial charge in [0.1, 0.15) is 0 Å². The van der Waals surface area contributed by atoms with Gasteiger partial charge in [0.2, 0.25) is 0 Å². The number of carboxylic acid groups (broad SMARTS) is 1. The fourth-order valence-corrected chi connectivity index (χ4v) is 3.37. The Bertz CT molecular complexity index is 723. The number of allylic oxidation sites excluding steroid dienone is 2. The molecule has 1 aromatic rings. The molecule has 0 spiro atoms. The molecule has 0 saturated heterocycles. The zero-order valence-corrected chi connectivity index (χ0v) is 19.7. The van der Waals surface area contributed by atoms with Crippen molar-refractivity contribution >= 4 is 11.8 Å². The highest BCUT2D eigenvalue weighted by Crippen LogP contribution is 2.31. The maximum absolute atomic E-state index is 13.2. The topological polar surface area (TPSA) is 82.1 Å². The number of Topliss-reactive ketones (excluding diaryl/α,β-unsaturated/α-hetero) is 1. The minimum Gasteiger partial charge on any atom is -0.493 e. The van der Waals surface area contributed by atoms with Gasteiger partial charge >= 0.3 is 5.97 Å². The summed E-state index contributed by atoms with van der Waals surface area (Å²) in [6.45, 7) is 8.94. The number of carboxylic acids is 1. The maximum Gasteiger partial charge on any atom is 0.307 e. The summed E-state index contributed by atoms with van der Waals surface area (Å²) < 4.78 is 16.2. The third-order valence-electron chi connectivity index (χ3n) is 5.41. The Morgan fingerprint density at radius 3 is 2.06 bits per heavy atom. The number of ether oxygens (including phenoxy) is 3. The summed E-state index contributed by atoms with van der Waals surface area (Å²) in [7, 11) is 3.22. The Labute approximate surface area is 186 Å². The van der Waals surface area contributed by atoms with Crippen molar-refractivity contribution in [3.8, 4) is 11.5 Å². The Hall–Kier alpha value is -2.34. The Balaban J connectivity index is 2.90. The van der Waals surface area contributed by atoms with Crippen LogP contribution in [0.15, 0.2) is 30.4 Å². The van der Waals surface area contributed by atoms with Crippen molar-refractivity contribution in [2.24, 2.45) is 23.7 Å². The third kappa shape index (κ3) is 8.74. The molecule has 0 saturated carbocycles. The molecule has 0 aliphatic heterocycles. The van der Waals surface area contributed by atoms with Gasteiger partial charge in [-0.25, -0.2) is 0 Å². The monoisotopic (exact) mass is 434 g/mol. The van der Waals surface area contributed by atoms with Crippen LogP contribution in [0.2, 0.25) is 0 Å². The molecule has 1 rings (SSSR count). The van der Waals surface area contributed by atoms with Gasteiger partial charge in [-0.2, -0.15) is 0 Å². The number of methoxy groups -OCH3 is 2. The predicted octanol–water partition coefficient (Wildman–Crippen LogP) is 5.26. The molecule has 0 amide bonds. The van der Waals surface area contributed by atoms with Gasteiger partial charge in [0.05, 0.1) is 19.6 Å². The number of hydrogen-bond acceptors (Lipinski definition) is 5. The Morgan fingerprint density at radius 2 is 1.55 bits per heavy atom. The molecule has 31 heavy (non-hydrogen) atoms. The molecule has 0 heterocycles. The maximum atomic E-state index is 13.2. The molecular formula is C25H38O6. The summed E-state index contributed by atoms with van der Waals surface area (Å²) in [4.78, 5) is 24.6. The molecule has 0 aromatic heterocycles. The highest BCUT2D eigenvalue weighted by Gasteiger charge is 2.24. The van der Waals surface area contributed by atoms with Gasteiger partial charge in [0.25, 0.3) is 0 Å². The van der Waals surface area contributed by atoms with Crippen LogP contribution < -0.4 is 9.47 Å². The average Bonchev–Trinajstić information content (AvgIpc) is 2.72. The van der Waals surface area contributed by atoms with Crippen LogP contribution >= 0.6 is 0 Å². The van der Waals surface area contributed by atoms with Gasteiger partial charge in [-0.15, -0.1) is 0 Å². The number of benzene rings is 1. The summed E-state index contributed by atoms with van der Waals surface area (Å²) in [5.74, 6) is -0.0173. The van der Waals surface area contributed by atoms with Crippen LogP contribution in [0, 0.1) is 23.7 Å². The van der Waals surface area contributed by atoms with Gasteiger partial charge in [-0.3, -0.25) is 9.59 Å². The molecule has 0 aliphatic carbocycles. The van der Waals surface area contributed by atoms with E-state index in [2.05, 4.69) is 0 Å². The zero-order chi connectivity index (χ0) is 23.4. The second kappa shape index (κ2) is 13.9. The first-order chi connectivity index (χ1) is 14.7. The summed E-state index contributed by atoms with van der Waals surface area (Å²) in [5, 5.41) is 9.32. The molecule has 0 aliphatic rings. The van der Waals surface area contributed by atoms with Gasteiger partial charge in [-0.1, -0.05) is 39.8 Å². The molecule has 1 aromatic carbocycles. The fourth-order valence-electron chi connectivity index (χ4n) is 3.37. The standard InChI is InChI=1S/C25H38O6/c1-17(2)20(10-7-8-11-21(18(3)4)25(27)28)24(26)19-12-13-22(30-6)23(16-19)31-15-9-14-29-5/h7-8,12-13,16-18,20-21H,9-11,14-15H2,1-6H3,(H,27,28)/b8-7+/t20-,21+/m0/s1. The van der Waals surface area contributed by atoms with Gasteiger partial charge in [0.15, 0.2) is 17.3 Å². The normalized spacial score (nSPS) is 13.5. The molecule has 174 valence electrons. The van der Waals surface area contributed by atoms with E-state index in [0.717, 1.165) is 6.42 Å². The second-order valence-corrected chi connectivity index (χ2v) is 8.41. The van der Waals surface area contributed by atoms with Crippen LogP contribution in [-0.4, -0.2) is 44.3 Å².